The monoisotopic (exact) mass is 243 g/mol. The van der Waals surface area contributed by atoms with E-state index in [-0.39, 0.29) is 12.3 Å². The molecule has 17 heavy (non-hydrogen) atoms. The van der Waals surface area contributed by atoms with Crippen molar-refractivity contribution in [3.05, 3.63) is 0 Å². The molecule has 0 aromatic carbocycles. The van der Waals surface area contributed by atoms with Crippen LogP contribution in [0.3, 0.4) is 0 Å². The second-order valence-electron chi connectivity index (χ2n) is 4.80. The smallest absolute Gasteiger partial charge is 0.317 e. The number of aliphatic carboxylic acids is 1. The van der Waals surface area contributed by atoms with Gasteiger partial charge in [-0.25, -0.2) is 0 Å². The Morgan fingerprint density at radius 2 is 1.94 bits per heavy atom. The van der Waals surface area contributed by atoms with Gasteiger partial charge in [0.2, 0.25) is 0 Å². The summed E-state index contributed by atoms with van der Waals surface area (Å²) in [5.41, 5.74) is 0. The first-order valence-electron chi connectivity index (χ1n) is 6.39. The molecule has 5 heteroatoms. The van der Waals surface area contributed by atoms with Crippen molar-refractivity contribution in [2.24, 2.45) is 0 Å². The number of nitrogens with zero attached hydrogens (tertiary/aromatic N) is 1. The number of hydrogen-bond acceptors (Lipinski definition) is 4. The van der Waals surface area contributed by atoms with E-state index in [1.807, 2.05) is 11.8 Å². The van der Waals surface area contributed by atoms with Crippen molar-refractivity contribution in [3.63, 3.8) is 0 Å². The van der Waals surface area contributed by atoms with Crippen LogP contribution >= 0.6 is 0 Å². The van der Waals surface area contributed by atoms with Crippen LogP contribution in [0, 0.1) is 0 Å². The van der Waals surface area contributed by atoms with Gasteiger partial charge in [0.1, 0.15) is 0 Å². The van der Waals surface area contributed by atoms with Gasteiger partial charge in [-0.15, -0.1) is 0 Å². The van der Waals surface area contributed by atoms with Gasteiger partial charge in [-0.1, -0.05) is 6.92 Å². The fourth-order valence-corrected chi connectivity index (χ4v) is 2.87. The third kappa shape index (κ3) is 2.97. The van der Waals surface area contributed by atoms with Gasteiger partial charge < -0.3 is 14.6 Å². The number of carbonyl (C=O) groups is 1. The predicted octanol–water partition coefficient (Wildman–Crippen LogP) is 1.08. The molecule has 2 fully saturated rings. The minimum Gasteiger partial charge on any atom is -0.480 e. The molecule has 5 nitrogen and oxygen atoms in total. The van der Waals surface area contributed by atoms with Crippen LogP contribution in [-0.2, 0) is 14.3 Å². The molecule has 2 aliphatic rings. The Morgan fingerprint density at radius 3 is 2.41 bits per heavy atom. The topological polar surface area (TPSA) is 59.0 Å². The number of rotatable bonds is 4. The van der Waals surface area contributed by atoms with Crippen LogP contribution < -0.4 is 0 Å². The van der Waals surface area contributed by atoms with Gasteiger partial charge in [-0.05, 0) is 19.4 Å². The first-order valence-corrected chi connectivity index (χ1v) is 6.39. The maximum atomic E-state index is 10.8. The molecule has 0 atom stereocenters. The molecule has 1 saturated heterocycles. The standard InChI is InChI=1S/C12H21NO4/c1-2-13(9-11(14)15)10-3-5-12(6-4-10)16-7-8-17-12/h10H,2-9H2,1H3,(H,14,15). The molecule has 0 aromatic rings. The Balaban J connectivity index is 1.86. The van der Waals surface area contributed by atoms with Crippen LogP contribution in [0.2, 0.25) is 0 Å². The quantitative estimate of drug-likeness (QED) is 0.800. The Bertz CT molecular complexity index is 266. The van der Waals surface area contributed by atoms with E-state index in [1.54, 1.807) is 0 Å². The lowest BCUT2D eigenvalue weighted by Gasteiger charge is -2.39. The normalized spacial score (nSPS) is 24.6. The summed E-state index contributed by atoms with van der Waals surface area (Å²) in [6, 6.07) is 0.356. The van der Waals surface area contributed by atoms with Crippen molar-refractivity contribution in [3.8, 4) is 0 Å². The first-order chi connectivity index (χ1) is 8.15. The zero-order chi connectivity index (χ0) is 12.3. The van der Waals surface area contributed by atoms with E-state index in [2.05, 4.69) is 0 Å². The fraction of sp³-hybridized carbons (Fsp3) is 0.917. The molecule has 0 radical (unpaired) electrons. The maximum absolute atomic E-state index is 10.8. The zero-order valence-electron chi connectivity index (χ0n) is 10.4. The van der Waals surface area contributed by atoms with Crippen LogP contribution in [0.5, 0.6) is 0 Å². The summed E-state index contributed by atoms with van der Waals surface area (Å²) in [6.45, 7) is 4.31. The Hall–Kier alpha value is -0.650. The summed E-state index contributed by atoms with van der Waals surface area (Å²) in [7, 11) is 0. The number of carboxylic acid groups (broad SMARTS) is 1. The lowest BCUT2D eigenvalue weighted by atomic mass is 9.89. The number of hydrogen-bond donors (Lipinski definition) is 1. The molecular weight excluding hydrogens is 222 g/mol. The largest absolute Gasteiger partial charge is 0.480 e. The Morgan fingerprint density at radius 1 is 1.35 bits per heavy atom. The summed E-state index contributed by atoms with van der Waals surface area (Å²) < 4.78 is 11.3. The first kappa shape index (κ1) is 12.8. The average Bonchev–Trinajstić information content (AvgIpc) is 2.76. The summed E-state index contributed by atoms with van der Waals surface area (Å²) in [5.74, 6) is -1.10. The molecule has 1 heterocycles. The van der Waals surface area contributed by atoms with E-state index in [0.717, 1.165) is 32.2 Å². The van der Waals surface area contributed by atoms with Crippen LogP contribution in [-0.4, -0.2) is 54.1 Å². The SMILES string of the molecule is CCN(CC(=O)O)C1CCC2(CC1)OCCO2. The lowest BCUT2D eigenvalue weighted by Crippen LogP contribution is -2.45. The van der Waals surface area contributed by atoms with Crippen LogP contribution in [0.1, 0.15) is 32.6 Å². The van der Waals surface area contributed by atoms with E-state index in [1.165, 1.54) is 0 Å². The molecule has 98 valence electrons. The van der Waals surface area contributed by atoms with Gasteiger partial charge in [0, 0.05) is 18.9 Å². The van der Waals surface area contributed by atoms with E-state index in [4.69, 9.17) is 14.6 Å². The summed E-state index contributed by atoms with van der Waals surface area (Å²) in [6.07, 6.45) is 3.68. The molecule has 1 aliphatic heterocycles. The van der Waals surface area contributed by atoms with E-state index >= 15 is 0 Å². The summed E-state index contributed by atoms with van der Waals surface area (Å²) in [5, 5.41) is 8.86. The van der Waals surface area contributed by atoms with Crippen LogP contribution in [0.15, 0.2) is 0 Å². The number of carboxylic acids is 1. The maximum Gasteiger partial charge on any atom is 0.317 e. The predicted molar refractivity (Wildman–Crippen MR) is 61.8 cm³/mol. The highest BCUT2D eigenvalue weighted by Gasteiger charge is 2.41. The second-order valence-corrected chi connectivity index (χ2v) is 4.80. The van der Waals surface area contributed by atoms with Gasteiger partial charge in [0.25, 0.3) is 0 Å². The zero-order valence-corrected chi connectivity index (χ0v) is 10.4. The number of likely N-dealkylation sites (N-methyl/N-ethyl adjacent to an activating group) is 1. The molecule has 0 bridgehead atoms. The van der Waals surface area contributed by atoms with E-state index in [0.29, 0.717) is 19.3 Å². The van der Waals surface area contributed by atoms with Crippen molar-refractivity contribution < 1.29 is 19.4 Å². The molecule has 1 N–H and O–H groups in total. The highest BCUT2D eigenvalue weighted by molar-refractivity contribution is 5.69. The highest BCUT2D eigenvalue weighted by Crippen LogP contribution is 2.37. The molecule has 0 unspecified atom stereocenters. The molecule has 2 rings (SSSR count). The average molecular weight is 243 g/mol. The van der Waals surface area contributed by atoms with Crippen molar-refractivity contribution in [2.75, 3.05) is 26.3 Å². The molecule has 1 spiro atoms. The van der Waals surface area contributed by atoms with Crippen LogP contribution in [0.25, 0.3) is 0 Å². The molecule has 0 aromatic heterocycles. The van der Waals surface area contributed by atoms with Gasteiger partial charge in [-0.2, -0.15) is 0 Å². The molecular formula is C12H21NO4. The summed E-state index contributed by atoms with van der Waals surface area (Å²) in [4.78, 5) is 12.8. The van der Waals surface area contributed by atoms with Gasteiger partial charge in [-0.3, -0.25) is 9.69 Å². The number of ether oxygens (including phenoxy) is 2. The molecule has 1 aliphatic carbocycles. The van der Waals surface area contributed by atoms with Crippen LogP contribution in [0.4, 0.5) is 0 Å². The minimum atomic E-state index is -0.750. The van der Waals surface area contributed by atoms with Gasteiger partial charge >= 0.3 is 5.97 Å². The van der Waals surface area contributed by atoms with E-state index in [9.17, 15) is 4.79 Å². The third-order valence-electron chi connectivity index (χ3n) is 3.79. The third-order valence-corrected chi connectivity index (χ3v) is 3.79. The van der Waals surface area contributed by atoms with Crippen molar-refractivity contribution in [1.29, 1.82) is 0 Å². The van der Waals surface area contributed by atoms with Crippen molar-refractivity contribution >= 4 is 5.97 Å². The summed E-state index contributed by atoms with van der Waals surface area (Å²) >= 11 is 0. The molecule has 1 saturated carbocycles. The fourth-order valence-electron chi connectivity index (χ4n) is 2.87. The van der Waals surface area contributed by atoms with Crippen molar-refractivity contribution in [2.45, 2.75) is 44.4 Å². The lowest BCUT2D eigenvalue weighted by molar-refractivity contribution is -0.184. The van der Waals surface area contributed by atoms with Crippen molar-refractivity contribution in [1.82, 2.24) is 4.90 Å². The Labute approximate surface area is 102 Å². The minimum absolute atomic E-state index is 0.135. The molecule has 0 amide bonds. The second kappa shape index (κ2) is 5.33. The highest BCUT2D eigenvalue weighted by atomic mass is 16.7. The van der Waals surface area contributed by atoms with Gasteiger partial charge in [0.15, 0.2) is 5.79 Å². The van der Waals surface area contributed by atoms with Gasteiger partial charge in [0.05, 0.1) is 19.8 Å². The Kier molecular flexibility index (Phi) is 4.01. The van der Waals surface area contributed by atoms with E-state index < -0.39 is 5.97 Å².